The molecule has 14 nitrogen and oxygen atoms in total. The average Bonchev–Trinajstić information content (AvgIpc) is 3.12. The highest BCUT2D eigenvalue weighted by Crippen LogP contribution is 2.46. The minimum absolute atomic E-state index is 0.311. The highest BCUT2D eigenvalue weighted by Gasteiger charge is 2.37. The van der Waals surface area contributed by atoms with Crippen LogP contribution in [-0.2, 0) is 46.9 Å². The first-order valence-corrected chi connectivity index (χ1v) is 20.8. The number of halogens is 8. The van der Waals surface area contributed by atoms with Gasteiger partial charge in [-0.2, -0.15) is 51.2 Å². The predicted molar refractivity (Wildman–Crippen MR) is 179 cm³/mol. The summed E-state index contributed by atoms with van der Waals surface area (Å²) in [6, 6.07) is 3.93. The molecule has 58 heavy (non-hydrogen) atoms. The quantitative estimate of drug-likeness (QED) is 0.0655. The average molecular weight is 905 g/mol. The van der Waals surface area contributed by atoms with E-state index in [1.165, 1.54) is 0 Å². The van der Waals surface area contributed by atoms with Crippen LogP contribution >= 0.6 is 0 Å². The maximum Gasteiger partial charge on any atom is 0.294 e. The lowest BCUT2D eigenvalue weighted by Gasteiger charge is -2.21. The van der Waals surface area contributed by atoms with Gasteiger partial charge in [-0.05, 0) is 60.2 Å². The molecule has 0 atom stereocenters. The molecule has 5 aromatic carbocycles. The summed E-state index contributed by atoms with van der Waals surface area (Å²) in [5.41, 5.74) is -5.62. The number of fused-ring (bicyclic) bond motifs is 2. The summed E-state index contributed by atoms with van der Waals surface area (Å²) in [6.45, 7) is 0. The van der Waals surface area contributed by atoms with E-state index in [1.54, 1.807) is 0 Å². The van der Waals surface area contributed by atoms with Gasteiger partial charge in [0.2, 0.25) is 34.8 Å². The Morgan fingerprint density at radius 1 is 0.466 bits per heavy atom. The number of benzene rings is 5. The van der Waals surface area contributed by atoms with Crippen LogP contribution in [0.3, 0.4) is 0 Å². The molecule has 1 aliphatic carbocycles. The van der Waals surface area contributed by atoms with Gasteiger partial charge in [-0.25, -0.2) is 17.6 Å². The third-order valence-corrected chi connectivity index (χ3v) is 11.9. The second-order valence-corrected chi connectivity index (χ2v) is 17.7. The third-order valence-electron chi connectivity index (χ3n) is 8.36. The molecule has 0 spiro atoms. The van der Waals surface area contributed by atoms with E-state index >= 15 is 35.1 Å². The molecule has 5 aromatic rings. The lowest BCUT2D eigenvalue weighted by molar-refractivity contribution is 0.359. The second-order valence-electron chi connectivity index (χ2n) is 11.9. The van der Waals surface area contributed by atoms with Crippen LogP contribution in [-0.4, -0.2) is 51.9 Å². The van der Waals surface area contributed by atoms with Gasteiger partial charge >= 0.3 is 0 Å². The maximum absolute atomic E-state index is 15.5. The van der Waals surface area contributed by atoms with E-state index in [0.29, 0.717) is 42.5 Å². The predicted octanol–water partition coefficient (Wildman–Crippen LogP) is 7.12. The zero-order valence-corrected chi connectivity index (χ0v) is 30.8. The SMILES string of the molecule is O=S(=O)(O)C1=Cc2cc(S(=O)(=O)O)cc(Oc3c(F)c(F)c(-c4c(F)c(F)c(Oc5cc(S(=O)(=O)O)cc6cc(S(=O)(=O)O)ccc56)c(F)c4F)c(F)c3F)c2CC1. The van der Waals surface area contributed by atoms with Crippen LogP contribution in [0.5, 0.6) is 23.0 Å². The molecule has 0 unspecified atom stereocenters. The Labute approximate surface area is 319 Å². The Morgan fingerprint density at radius 3 is 1.33 bits per heavy atom. The smallest absolute Gasteiger partial charge is 0.294 e. The normalized spacial score (nSPS) is 13.7. The number of hydrogen-bond donors (Lipinski definition) is 4. The lowest BCUT2D eigenvalue weighted by Crippen LogP contribution is -2.12. The summed E-state index contributed by atoms with van der Waals surface area (Å²) in [4.78, 5) is -3.88. The number of hydrogen-bond acceptors (Lipinski definition) is 10. The highest BCUT2D eigenvalue weighted by atomic mass is 32.2. The Hall–Kier alpha value is -5.22. The van der Waals surface area contributed by atoms with Crippen LogP contribution in [0.2, 0.25) is 0 Å². The zero-order chi connectivity index (χ0) is 43.2. The molecular formula is C32H16F8O14S4. The van der Waals surface area contributed by atoms with Crippen LogP contribution in [0.4, 0.5) is 35.1 Å². The van der Waals surface area contributed by atoms with Crippen LogP contribution in [0.1, 0.15) is 17.5 Å². The fourth-order valence-corrected chi connectivity index (χ4v) is 7.93. The topological polar surface area (TPSA) is 236 Å². The van der Waals surface area contributed by atoms with E-state index < -0.39 is 170 Å². The molecule has 0 fully saturated rings. The van der Waals surface area contributed by atoms with Gasteiger partial charge in [0, 0.05) is 23.1 Å². The minimum atomic E-state index is -5.26. The molecule has 0 aliphatic heterocycles. The van der Waals surface area contributed by atoms with E-state index in [4.69, 9.17) is 9.47 Å². The Bertz CT molecular complexity index is 3090. The molecule has 0 aromatic heterocycles. The summed E-state index contributed by atoms with van der Waals surface area (Å²) in [6.07, 6.45) is -0.395. The molecule has 6 rings (SSSR count). The third kappa shape index (κ3) is 7.59. The van der Waals surface area contributed by atoms with Crippen LogP contribution in [0, 0.1) is 46.5 Å². The summed E-state index contributed by atoms with van der Waals surface area (Å²) in [5, 5.41) is -1.03. The van der Waals surface area contributed by atoms with Crippen molar-refractivity contribution < 1.29 is 96.5 Å². The Morgan fingerprint density at radius 2 is 0.879 bits per heavy atom. The van der Waals surface area contributed by atoms with Crippen molar-refractivity contribution in [3.8, 4) is 34.1 Å². The summed E-state index contributed by atoms with van der Waals surface area (Å²) < 4.78 is 266. The fourth-order valence-electron chi connectivity index (χ4n) is 5.72. The van der Waals surface area contributed by atoms with Crippen molar-refractivity contribution in [1.29, 1.82) is 0 Å². The van der Waals surface area contributed by atoms with E-state index in [1.807, 2.05) is 0 Å². The summed E-state index contributed by atoms with van der Waals surface area (Å²) in [5.74, 6) is -28.0. The number of allylic oxidation sites excluding steroid dienone is 1. The summed E-state index contributed by atoms with van der Waals surface area (Å²) in [7, 11) is -20.4. The molecule has 0 heterocycles. The Balaban J connectivity index is 1.49. The largest absolute Gasteiger partial charge is 0.451 e. The van der Waals surface area contributed by atoms with E-state index in [0.717, 1.165) is 6.07 Å². The minimum Gasteiger partial charge on any atom is -0.451 e. The van der Waals surface area contributed by atoms with Crippen molar-refractivity contribution >= 4 is 57.3 Å². The van der Waals surface area contributed by atoms with Gasteiger partial charge in [-0.1, -0.05) is 0 Å². The van der Waals surface area contributed by atoms with Gasteiger partial charge in [-0.3, -0.25) is 18.2 Å². The fraction of sp³-hybridized carbons (Fsp3) is 0.0625. The molecule has 1 aliphatic rings. The molecule has 0 amide bonds. The lowest BCUT2D eigenvalue weighted by atomic mass is 9.96. The molecule has 0 bridgehead atoms. The van der Waals surface area contributed by atoms with Crippen molar-refractivity contribution in [2.45, 2.75) is 27.5 Å². The van der Waals surface area contributed by atoms with Gasteiger partial charge in [0.25, 0.3) is 40.5 Å². The molecular weight excluding hydrogens is 889 g/mol. The zero-order valence-electron chi connectivity index (χ0n) is 27.6. The first-order chi connectivity index (χ1) is 26.6. The maximum atomic E-state index is 15.5. The Kier molecular flexibility index (Phi) is 10.4. The van der Waals surface area contributed by atoms with Gasteiger partial charge in [-0.15, -0.1) is 0 Å². The number of ether oxygens (including phenoxy) is 2. The molecule has 0 saturated carbocycles. The highest BCUT2D eigenvalue weighted by molar-refractivity contribution is 7.90. The first-order valence-electron chi connectivity index (χ1n) is 15.0. The van der Waals surface area contributed by atoms with Crippen molar-refractivity contribution in [2.24, 2.45) is 0 Å². The van der Waals surface area contributed by atoms with Crippen LogP contribution in [0.15, 0.2) is 62.1 Å². The first kappa shape index (κ1) is 42.4. The monoisotopic (exact) mass is 904 g/mol. The van der Waals surface area contributed by atoms with Crippen molar-refractivity contribution in [3.63, 3.8) is 0 Å². The van der Waals surface area contributed by atoms with E-state index in [-0.39, 0.29) is 5.56 Å². The van der Waals surface area contributed by atoms with Gasteiger partial charge < -0.3 is 9.47 Å². The van der Waals surface area contributed by atoms with Crippen molar-refractivity contribution in [2.75, 3.05) is 0 Å². The van der Waals surface area contributed by atoms with Gasteiger partial charge in [0.1, 0.15) is 11.5 Å². The molecule has 308 valence electrons. The van der Waals surface area contributed by atoms with Crippen molar-refractivity contribution in [3.05, 3.63) is 105 Å². The molecule has 4 N–H and O–H groups in total. The van der Waals surface area contributed by atoms with E-state index in [9.17, 15) is 51.9 Å². The van der Waals surface area contributed by atoms with Crippen molar-refractivity contribution in [1.82, 2.24) is 0 Å². The standard InChI is InChI=1S/C32H16F8O14S4/c33-23-21(24(34)28(38)31(27(23)37)53-19-9-15(57(47,48)49)7-11-5-13(55(41,42)43)1-3-17(11)19)22-25(35)29(39)32(30(40)26(22)36)54-20-10-16(58(50,51)52)8-12-6-14(56(44,45)46)2-4-18(12)20/h1,3,5-10H,2,4H2,(H,41,42,43)(H,44,45,46)(H,47,48,49)(H,50,51,52). The molecule has 0 radical (unpaired) electrons. The molecule has 0 saturated heterocycles. The number of rotatable bonds is 9. The van der Waals surface area contributed by atoms with E-state index in [2.05, 4.69) is 0 Å². The van der Waals surface area contributed by atoms with Gasteiger partial charge in [0.05, 0.1) is 30.7 Å². The molecule has 26 heteroatoms. The van der Waals surface area contributed by atoms with Gasteiger partial charge in [0.15, 0.2) is 23.3 Å². The van der Waals surface area contributed by atoms with Crippen LogP contribution in [0.25, 0.3) is 28.0 Å². The summed E-state index contributed by atoms with van der Waals surface area (Å²) >= 11 is 0. The second kappa shape index (κ2) is 14.3. The van der Waals surface area contributed by atoms with Crippen LogP contribution < -0.4 is 9.47 Å².